The van der Waals surface area contributed by atoms with Crippen molar-refractivity contribution in [1.82, 2.24) is 9.80 Å². The number of rotatable bonds is 3. The van der Waals surface area contributed by atoms with Crippen LogP contribution < -0.4 is 4.74 Å². The predicted octanol–water partition coefficient (Wildman–Crippen LogP) is 2.01. The maximum absolute atomic E-state index is 12.2. The number of piperazine rings is 1. The number of carbonyl (C=O) groups is 1. The number of methoxy groups -OCH3 is 1. The zero-order valence-electron chi connectivity index (χ0n) is 13.9. The molecule has 1 aromatic carbocycles. The van der Waals surface area contributed by atoms with E-state index in [1.165, 1.54) is 18.9 Å². The van der Waals surface area contributed by atoms with Crippen molar-refractivity contribution in [1.29, 1.82) is 0 Å². The minimum absolute atomic E-state index is 0.0794. The highest BCUT2D eigenvalue weighted by atomic mass is 32.2. The number of benzene rings is 1. The summed E-state index contributed by atoms with van der Waals surface area (Å²) in [5, 5.41) is 10.4. The quantitative estimate of drug-likeness (QED) is 0.844. The second kappa shape index (κ2) is 7.27. The molecule has 0 atom stereocenters. The third-order valence-electron chi connectivity index (χ3n) is 4.20. The van der Waals surface area contributed by atoms with Crippen LogP contribution in [0.3, 0.4) is 0 Å². The van der Waals surface area contributed by atoms with Crippen molar-refractivity contribution < 1.29 is 14.6 Å². The Kier molecular flexibility index (Phi) is 5.11. The van der Waals surface area contributed by atoms with Crippen LogP contribution in [0.4, 0.5) is 0 Å². The Morgan fingerprint density at radius 3 is 2.75 bits per heavy atom. The van der Waals surface area contributed by atoms with Gasteiger partial charge in [0.1, 0.15) is 0 Å². The normalized spacial score (nSPS) is 20.6. The molecule has 0 unspecified atom stereocenters. The number of hydrogen-bond donors (Lipinski definition) is 1. The molecule has 0 saturated carbocycles. The average Bonchev–Trinajstić information content (AvgIpc) is 2.97. The molecule has 24 heavy (non-hydrogen) atoms. The van der Waals surface area contributed by atoms with E-state index in [0.29, 0.717) is 10.7 Å². The number of carbonyl (C=O) groups excluding carboxylic acids is 1. The van der Waals surface area contributed by atoms with Crippen molar-refractivity contribution in [3.8, 4) is 11.5 Å². The molecule has 1 N–H and O–H groups in total. The van der Waals surface area contributed by atoms with Gasteiger partial charge < -0.3 is 19.6 Å². The third-order valence-corrected chi connectivity index (χ3v) is 5.25. The molecule has 2 aliphatic heterocycles. The Hall–Kier alpha value is -1.99. The standard InChI is InChI=1S/C17H21N3O3S/c1-3-19-6-8-20(9-7-19)17-18-16(22)15(24-17)11-12-4-5-13(21)14(10-12)23-2/h4-5,10-11,21H,3,6-9H2,1-2H3/b15-11-. The summed E-state index contributed by atoms with van der Waals surface area (Å²) in [5.41, 5.74) is 0.799. The smallest absolute Gasteiger partial charge is 0.286 e. The molecular formula is C17H21N3O3S. The molecule has 0 aromatic heterocycles. The lowest BCUT2D eigenvalue weighted by molar-refractivity contribution is -0.113. The lowest BCUT2D eigenvalue weighted by Crippen LogP contribution is -2.47. The molecule has 2 aliphatic rings. The molecule has 1 aromatic rings. The molecule has 1 saturated heterocycles. The molecule has 6 nitrogen and oxygen atoms in total. The molecule has 2 heterocycles. The summed E-state index contributed by atoms with van der Waals surface area (Å²) >= 11 is 1.41. The van der Waals surface area contributed by atoms with Gasteiger partial charge in [0.25, 0.3) is 5.91 Å². The summed E-state index contributed by atoms with van der Waals surface area (Å²) in [6, 6.07) is 5.01. The molecule has 0 radical (unpaired) electrons. The van der Waals surface area contributed by atoms with E-state index in [-0.39, 0.29) is 11.7 Å². The van der Waals surface area contributed by atoms with Crippen LogP contribution in [0, 0.1) is 0 Å². The van der Waals surface area contributed by atoms with Crippen molar-refractivity contribution in [3.63, 3.8) is 0 Å². The molecule has 3 rings (SSSR count). The molecule has 7 heteroatoms. The van der Waals surface area contributed by atoms with Gasteiger partial charge in [-0.15, -0.1) is 0 Å². The van der Waals surface area contributed by atoms with Crippen molar-refractivity contribution in [2.24, 2.45) is 4.99 Å². The van der Waals surface area contributed by atoms with Crippen LogP contribution >= 0.6 is 11.8 Å². The van der Waals surface area contributed by atoms with Crippen molar-refractivity contribution in [3.05, 3.63) is 28.7 Å². The van der Waals surface area contributed by atoms with Gasteiger partial charge in [-0.3, -0.25) is 4.79 Å². The number of nitrogens with zero attached hydrogens (tertiary/aromatic N) is 3. The molecule has 128 valence electrons. The van der Waals surface area contributed by atoms with Gasteiger partial charge in [-0.05, 0) is 42.1 Å². The van der Waals surface area contributed by atoms with Crippen LogP contribution in [0.25, 0.3) is 6.08 Å². The number of phenolic OH excluding ortho intramolecular Hbond substituents is 1. The lowest BCUT2D eigenvalue weighted by atomic mass is 10.2. The molecule has 1 amide bonds. The van der Waals surface area contributed by atoms with Gasteiger partial charge in [0, 0.05) is 26.2 Å². The average molecular weight is 347 g/mol. The second-order valence-corrected chi connectivity index (χ2v) is 6.67. The minimum Gasteiger partial charge on any atom is -0.504 e. The summed E-state index contributed by atoms with van der Waals surface area (Å²) in [4.78, 5) is 21.5. The fourth-order valence-corrected chi connectivity index (χ4v) is 3.69. The first-order valence-electron chi connectivity index (χ1n) is 7.97. The molecule has 0 bridgehead atoms. The van der Waals surface area contributed by atoms with Crippen LogP contribution in [0.5, 0.6) is 11.5 Å². The summed E-state index contributed by atoms with van der Waals surface area (Å²) in [7, 11) is 1.50. The lowest BCUT2D eigenvalue weighted by Gasteiger charge is -2.34. The summed E-state index contributed by atoms with van der Waals surface area (Å²) in [5.74, 6) is 0.257. The summed E-state index contributed by atoms with van der Waals surface area (Å²) < 4.78 is 5.10. The van der Waals surface area contributed by atoms with Gasteiger partial charge in [-0.2, -0.15) is 4.99 Å². The Balaban J connectivity index is 1.71. The fourth-order valence-electron chi connectivity index (χ4n) is 2.72. The van der Waals surface area contributed by atoms with E-state index in [0.717, 1.165) is 43.5 Å². The Morgan fingerprint density at radius 1 is 1.33 bits per heavy atom. The maximum atomic E-state index is 12.2. The first-order valence-corrected chi connectivity index (χ1v) is 8.79. The van der Waals surface area contributed by atoms with Crippen LogP contribution in [-0.2, 0) is 4.79 Å². The van der Waals surface area contributed by atoms with Gasteiger partial charge in [0.05, 0.1) is 12.0 Å². The van der Waals surface area contributed by atoms with Crippen molar-refractivity contribution >= 4 is 28.9 Å². The highest BCUT2D eigenvalue weighted by Crippen LogP contribution is 2.33. The molecule has 0 spiro atoms. The van der Waals surface area contributed by atoms with E-state index in [1.54, 1.807) is 24.3 Å². The van der Waals surface area contributed by atoms with Gasteiger partial charge in [0.15, 0.2) is 16.7 Å². The van der Waals surface area contributed by atoms with Crippen LogP contribution in [0.1, 0.15) is 12.5 Å². The zero-order valence-corrected chi connectivity index (χ0v) is 14.7. The van der Waals surface area contributed by atoms with E-state index >= 15 is 0 Å². The topological polar surface area (TPSA) is 65.4 Å². The minimum atomic E-state index is -0.208. The second-order valence-electron chi connectivity index (χ2n) is 5.66. The summed E-state index contributed by atoms with van der Waals surface area (Å²) in [6.07, 6.45) is 1.79. The monoisotopic (exact) mass is 347 g/mol. The number of hydrogen-bond acceptors (Lipinski definition) is 6. The Labute approximate surface area is 145 Å². The first kappa shape index (κ1) is 16.9. The SMILES string of the molecule is CCN1CCN(C2=NC(=O)/C(=C/c3ccc(O)c(OC)c3)S2)CC1. The Bertz CT molecular complexity index is 694. The molecule has 1 fully saturated rings. The zero-order chi connectivity index (χ0) is 17.1. The third kappa shape index (κ3) is 3.57. The molecule has 0 aliphatic carbocycles. The number of amidine groups is 1. The number of phenols is 1. The maximum Gasteiger partial charge on any atom is 0.286 e. The number of aliphatic imine (C=N–C) groups is 1. The highest BCUT2D eigenvalue weighted by Gasteiger charge is 2.28. The van der Waals surface area contributed by atoms with Gasteiger partial charge in [-0.1, -0.05) is 13.0 Å². The van der Waals surface area contributed by atoms with Crippen LogP contribution in [-0.4, -0.2) is 65.8 Å². The van der Waals surface area contributed by atoms with Crippen LogP contribution in [0.15, 0.2) is 28.1 Å². The van der Waals surface area contributed by atoms with Crippen molar-refractivity contribution in [2.75, 3.05) is 39.8 Å². The van der Waals surface area contributed by atoms with Gasteiger partial charge in [0.2, 0.25) is 0 Å². The highest BCUT2D eigenvalue weighted by molar-refractivity contribution is 8.18. The predicted molar refractivity (Wildman–Crippen MR) is 96.4 cm³/mol. The summed E-state index contributed by atoms with van der Waals surface area (Å²) in [6.45, 7) is 7.01. The fraction of sp³-hybridized carbons (Fsp3) is 0.412. The van der Waals surface area contributed by atoms with Gasteiger partial charge >= 0.3 is 0 Å². The van der Waals surface area contributed by atoms with Gasteiger partial charge in [-0.25, -0.2) is 0 Å². The van der Waals surface area contributed by atoms with Crippen molar-refractivity contribution in [2.45, 2.75) is 6.92 Å². The van der Waals surface area contributed by atoms with E-state index < -0.39 is 0 Å². The largest absolute Gasteiger partial charge is 0.504 e. The number of aromatic hydroxyl groups is 1. The van der Waals surface area contributed by atoms with E-state index in [4.69, 9.17) is 4.74 Å². The van der Waals surface area contributed by atoms with Crippen LogP contribution in [0.2, 0.25) is 0 Å². The Morgan fingerprint density at radius 2 is 2.08 bits per heavy atom. The van der Waals surface area contributed by atoms with E-state index in [2.05, 4.69) is 21.7 Å². The number of ether oxygens (including phenoxy) is 1. The number of likely N-dealkylation sites (N-methyl/N-ethyl adjacent to an activating group) is 1. The first-order chi connectivity index (χ1) is 11.6. The van der Waals surface area contributed by atoms with E-state index in [1.807, 2.05) is 0 Å². The molecular weight excluding hydrogens is 326 g/mol. The van der Waals surface area contributed by atoms with E-state index in [9.17, 15) is 9.90 Å². The number of thioether (sulfide) groups is 1. The number of amides is 1.